The van der Waals surface area contributed by atoms with Gasteiger partial charge in [-0.05, 0) is 56.8 Å². The molecule has 1 aromatic rings. The number of piperidine rings is 1. The van der Waals surface area contributed by atoms with Crippen LogP contribution < -0.4 is 5.32 Å². The molecule has 2 rings (SSSR count). The highest BCUT2D eigenvalue weighted by Gasteiger charge is 2.21. The van der Waals surface area contributed by atoms with Crippen LogP contribution >= 0.6 is 0 Å². The van der Waals surface area contributed by atoms with Gasteiger partial charge >= 0.3 is 0 Å². The fraction of sp³-hybridized carbons (Fsp3) is 0.667. The molecular weight excluding hydrogens is 244 g/mol. The van der Waals surface area contributed by atoms with E-state index >= 15 is 0 Å². The molecule has 1 saturated heterocycles. The van der Waals surface area contributed by atoms with Gasteiger partial charge in [0.25, 0.3) is 0 Å². The number of hydrogen-bond donors (Lipinski definition) is 1. The molecule has 2 heteroatoms. The first kappa shape index (κ1) is 15.5. The monoisotopic (exact) mass is 274 g/mol. The second-order valence-electron chi connectivity index (χ2n) is 6.71. The van der Waals surface area contributed by atoms with Gasteiger partial charge in [-0.25, -0.2) is 0 Å². The molecule has 1 aliphatic rings. The molecular formula is C18H30N2. The van der Waals surface area contributed by atoms with Gasteiger partial charge in [0.15, 0.2) is 0 Å². The fourth-order valence-electron chi connectivity index (χ4n) is 3.31. The van der Waals surface area contributed by atoms with E-state index in [4.69, 9.17) is 0 Å². The summed E-state index contributed by atoms with van der Waals surface area (Å²) in [6.07, 6.45) is 2.56. The number of rotatable bonds is 5. The zero-order chi connectivity index (χ0) is 14.5. The number of benzene rings is 1. The van der Waals surface area contributed by atoms with Gasteiger partial charge in [0.1, 0.15) is 0 Å². The summed E-state index contributed by atoms with van der Waals surface area (Å²) >= 11 is 0. The van der Waals surface area contributed by atoms with Gasteiger partial charge in [-0.3, -0.25) is 0 Å². The van der Waals surface area contributed by atoms with E-state index in [1.54, 1.807) is 0 Å². The lowest BCUT2D eigenvalue weighted by atomic mass is 9.98. The summed E-state index contributed by atoms with van der Waals surface area (Å²) in [6.45, 7) is 12.9. The topological polar surface area (TPSA) is 15.3 Å². The van der Waals surface area contributed by atoms with Gasteiger partial charge in [0.05, 0.1) is 0 Å². The molecule has 0 aromatic heterocycles. The minimum atomic E-state index is 0.456. The highest BCUT2D eigenvalue weighted by Crippen LogP contribution is 2.20. The number of nitrogens with zero attached hydrogens (tertiary/aromatic N) is 1. The Hall–Kier alpha value is -0.860. The van der Waals surface area contributed by atoms with Crippen molar-refractivity contribution < 1.29 is 0 Å². The summed E-state index contributed by atoms with van der Waals surface area (Å²) < 4.78 is 0. The van der Waals surface area contributed by atoms with Crippen molar-refractivity contribution in [1.29, 1.82) is 0 Å². The molecule has 1 unspecified atom stereocenters. The number of hydrogen-bond acceptors (Lipinski definition) is 2. The van der Waals surface area contributed by atoms with Gasteiger partial charge in [-0.2, -0.15) is 0 Å². The van der Waals surface area contributed by atoms with E-state index in [0.29, 0.717) is 12.1 Å². The molecule has 1 fully saturated rings. The van der Waals surface area contributed by atoms with Crippen LogP contribution in [0.3, 0.4) is 0 Å². The molecule has 1 heterocycles. The van der Waals surface area contributed by atoms with Crippen molar-refractivity contribution in [2.24, 2.45) is 5.92 Å². The third-order valence-corrected chi connectivity index (χ3v) is 4.35. The quantitative estimate of drug-likeness (QED) is 0.879. The van der Waals surface area contributed by atoms with Crippen LogP contribution in [0.4, 0.5) is 0 Å². The molecule has 1 N–H and O–H groups in total. The molecule has 0 saturated carbocycles. The van der Waals surface area contributed by atoms with Crippen LogP contribution in [-0.4, -0.2) is 30.6 Å². The van der Waals surface area contributed by atoms with Crippen molar-refractivity contribution in [2.45, 2.75) is 52.6 Å². The van der Waals surface area contributed by atoms with E-state index in [-0.39, 0.29) is 0 Å². The maximum atomic E-state index is 3.82. The minimum absolute atomic E-state index is 0.456. The Labute approximate surface area is 124 Å². The van der Waals surface area contributed by atoms with Crippen LogP contribution in [0.25, 0.3) is 0 Å². The van der Waals surface area contributed by atoms with Gasteiger partial charge < -0.3 is 10.2 Å². The molecule has 1 aliphatic heterocycles. The van der Waals surface area contributed by atoms with Crippen molar-refractivity contribution in [3.63, 3.8) is 0 Å². The van der Waals surface area contributed by atoms with E-state index in [2.05, 4.69) is 62.2 Å². The van der Waals surface area contributed by atoms with E-state index in [1.165, 1.54) is 43.6 Å². The van der Waals surface area contributed by atoms with E-state index in [1.807, 2.05) is 0 Å². The summed E-state index contributed by atoms with van der Waals surface area (Å²) in [5, 5.41) is 3.82. The van der Waals surface area contributed by atoms with E-state index < -0.39 is 0 Å². The van der Waals surface area contributed by atoms with E-state index in [0.717, 1.165) is 5.92 Å². The summed E-state index contributed by atoms with van der Waals surface area (Å²) in [4.78, 5) is 2.61. The van der Waals surface area contributed by atoms with Gasteiger partial charge in [0, 0.05) is 18.6 Å². The maximum Gasteiger partial charge on any atom is 0.0296 e. The second-order valence-corrected chi connectivity index (χ2v) is 6.71. The van der Waals surface area contributed by atoms with Crippen molar-refractivity contribution >= 4 is 0 Å². The van der Waals surface area contributed by atoms with E-state index in [9.17, 15) is 0 Å². The third kappa shape index (κ3) is 4.32. The van der Waals surface area contributed by atoms with Gasteiger partial charge in [-0.15, -0.1) is 0 Å². The summed E-state index contributed by atoms with van der Waals surface area (Å²) in [7, 11) is 0. The number of aryl methyl sites for hydroxylation is 1. The van der Waals surface area contributed by atoms with Gasteiger partial charge in [0.2, 0.25) is 0 Å². The average Bonchev–Trinajstić information content (AvgIpc) is 2.41. The Morgan fingerprint density at radius 2 is 1.80 bits per heavy atom. The normalized spacial score (nSPS) is 19.4. The molecule has 0 amide bonds. The fourth-order valence-corrected chi connectivity index (χ4v) is 3.31. The molecule has 20 heavy (non-hydrogen) atoms. The molecule has 0 aliphatic carbocycles. The molecule has 0 spiro atoms. The second kappa shape index (κ2) is 7.24. The van der Waals surface area contributed by atoms with Crippen LogP contribution in [0.1, 0.15) is 50.8 Å². The maximum absolute atomic E-state index is 3.82. The third-order valence-electron chi connectivity index (χ3n) is 4.35. The lowest BCUT2D eigenvalue weighted by Gasteiger charge is -2.35. The largest absolute Gasteiger partial charge is 0.307 e. The van der Waals surface area contributed by atoms with Crippen molar-refractivity contribution in [2.75, 3.05) is 19.6 Å². The predicted molar refractivity (Wildman–Crippen MR) is 87.0 cm³/mol. The highest BCUT2D eigenvalue weighted by atomic mass is 15.1. The smallest absolute Gasteiger partial charge is 0.0296 e. The standard InChI is InChI=1S/C18H30N2/c1-14(2)13-20-11-9-17(10-12-20)19-16(4)18-8-6-5-7-15(18)3/h5-8,14,16-17,19H,9-13H2,1-4H3. The van der Waals surface area contributed by atoms with Gasteiger partial charge in [-0.1, -0.05) is 38.1 Å². The Morgan fingerprint density at radius 1 is 1.15 bits per heavy atom. The van der Waals surface area contributed by atoms with Crippen LogP contribution in [0.2, 0.25) is 0 Å². The first-order valence-corrected chi connectivity index (χ1v) is 8.10. The Kier molecular flexibility index (Phi) is 5.62. The number of likely N-dealkylation sites (tertiary alicyclic amines) is 1. The van der Waals surface area contributed by atoms with Crippen molar-refractivity contribution in [1.82, 2.24) is 10.2 Å². The molecule has 0 radical (unpaired) electrons. The number of nitrogens with one attached hydrogen (secondary N) is 1. The van der Waals surface area contributed by atoms with Crippen LogP contribution in [0.15, 0.2) is 24.3 Å². The Morgan fingerprint density at radius 3 is 2.40 bits per heavy atom. The minimum Gasteiger partial charge on any atom is -0.307 e. The van der Waals surface area contributed by atoms with Crippen molar-refractivity contribution in [3.8, 4) is 0 Å². The molecule has 1 aromatic carbocycles. The van der Waals surface area contributed by atoms with Crippen molar-refractivity contribution in [3.05, 3.63) is 35.4 Å². The van der Waals surface area contributed by atoms with Crippen LogP contribution in [-0.2, 0) is 0 Å². The summed E-state index contributed by atoms with van der Waals surface area (Å²) in [6, 6.07) is 9.85. The lowest BCUT2D eigenvalue weighted by Crippen LogP contribution is -2.44. The Bertz CT molecular complexity index is 406. The summed E-state index contributed by atoms with van der Waals surface area (Å²) in [5.74, 6) is 0.783. The zero-order valence-electron chi connectivity index (χ0n) is 13.5. The average molecular weight is 274 g/mol. The Balaban J connectivity index is 1.82. The van der Waals surface area contributed by atoms with Crippen LogP contribution in [0.5, 0.6) is 0 Å². The SMILES string of the molecule is Cc1ccccc1C(C)NC1CCN(CC(C)C)CC1. The first-order valence-electron chi connectivity index (χ1n) is 8.10. The molecule has 112 valence electrons. The molecule has 0 bridgehead atoms. The molecule has 1 atom stereocenters. The predicted octanol–water partition coefficient (Wildman–Crippen LogP) is 3.77. The highest BCUT2D eigenvalue weighted by molar-refractivity contribution is 5.28. The van der Waals surface area contributed by atoms with Crippen LogP contribution in [0, 0.1) is 12.8 Å². The summed E-state index contributed by atoms with van der Waals surface area (Å²) in [5.41, 5.74) is 2.84. The first-order chi connectivity index (χ1) is 9.56. The molecule has 2 nitrogen and oxygen atoms in total. The zero-order valence-corrected chi connectivity index (χ0v) is 13.5. The lowest BCUT2D eigenvalue weighted by molar-refractivity contribution is 0.175.